The van der Waals surface area contributed by atoms with Crippen molar-refractivity contribution in [2.45, 2.75) is 24.9 Å². The second-order valence-electron chi connectivity index (χ2n) is 3.80. The zero-order valence-electron chi connectivity index (χ0n) is 7.87. The van der Waals surface area contributed by atoms with E-state index in [0.717, 1.165) is 19.3 Å². The molecule has 1 aliphatic carbocycles. The first-order chi connectivity index (χ1) is 6.70. The SMILES string of the molecule is OC1(COc2ccccc2Cl)CCC1. The van der Waals surface area contributed by atoms with Crippen molar-refractivity contribution < 1.29 is 9.84 Å². The van der Waals surface area contributed by atoms with Crippen LogP contribution in [0.3, 0.4) is 0 Å². The van der Waals surface area contributed by atoms with Gasteiger partial charge in [0.2, 0.25) is 0 Å². The van der Waals surface area contributed by atoms with Crippen LogP contribution in [0.5, 0.6) is 5.75 Å². The molecule has 1 fully saturated rings. The van der Waals surface area contributed by atoms with Gasteiger partial charge < -0.3 is 9.84 Å². The molecule has 3 heteroatoms. The Labute approximate surface area is 88.5 Å². The minimum absolute atomic E-state index is 0.344. The van der Waals surface area contributed by atoms with Crippen molar-refractivity contribution in [1.29, 1.82) is 0 Å². The summed E-state index contributed by atoms with van der Waals surface area (Å²) in [6, 6.07) is 7.31. The van der Waals surface area contributed by atoms with Gasteiger partial charge in [0.25, 0.3) is 0 Å². The lowest BCUT2D eigenvalue weighted by atomic mass is 9.81. The van der Waals surface area contributed by atoms with Crippen LogP contribution >= 0.6 is 11.6 Å². The van der Waals surface area contributed by atoms with Crippen LogP contribution < -0.4 is 4.74 Å². The van der Waals surface area contributed by atoms with Gasteiger partial charge in [-0.2, -0.15) is 0 Å². The lowest BCUT2D eigenvalue weighted by Crippen LogP contribution is -2.42. The smallest absolute Gasteiger partial charge is 0.138 e. The summed E-state index contributed by atoms with van der Waals surface area (Å²) >= 11 is 5.91. The van der Waals surface area contributed by atoms with E-state index in [9.17, 15) is 5.11 Å². The number of para-hydroxylation sites is 1. The highest BCUT2D eigenvalue weighted by molar-refractivity contribution is 6.32. The third-order valence-corrected chi connectivity index (χ3v) is 2.93. The highest BCUT2D eigenvalue weighted by atomic mass is 35.5. The van der Waals surface area contributed by atoms with E-state index in [1.54, 1.807) is 6.07 Å². The summed E-state index contributed by atoms with van der Waals surface area (Å²) in [5.74, 6) is 0.648. The first kappa shape index (κ1) is 9.81. The van der Waals surface area contributed by atoms with Crippen molar-refractivity contribution in [3.05, 3.63) is 29.3 Å². The Bertz CT molecular complexity index is 321. The van der Waals surface area contributed by atoms with Crippen molar-refractivity contribution in [3.8, 4) is 5.75 Å². The molecule has 76 valence electrons. The summed E-state index contributed by atoms with van der Waals surface area (Å²) in [6.07, 6.45) is 2.75. The molecular formula is C11H13ClO2. The number of benzene rings is 1. The molecule has 2 rings (SSSR count). The van der Waals surface area contributed by atoms with Gasteiger partial charge in [0.05, 0.1) is 10.6 Å². The van der Waals surface area contributed by atoms with E-state index in [2.05, 4.69) is 0 Å². The van der Waals surface area contributed by atoms with Crippen LogP contribution in [0.15, 0.2) is 24.3 Å². The number of hydrogen-bond donors (Lipinski definition) is 1. The third kappa shape index (κ3) is 2.02. The first-order valence-electron chi connectivity index (χ1n) is 4.79. The molecule has 1 saturated carbocycles. The average molecular weight is 213 g/mol. The largest absolute Gasteiger partial charge is 0.489 e. The van der Waals surface area contributed by atoms with Gasteiger partial charge in [0.1, 0.15) is 12.4 Å². The fourth-order valence-electron chi connectivity index (χ4n) is 1.50. The Morgan fingerprint density at radius 3 is 2.64 bits per heavy atom. The molecule has 0 aromatic heterocycles. The number of ether oxygens (including phenoxy) is 1. The molecule has 1 aromatic carbocycles. The zero-order valence-corrected chi connectivity index (χ0v) is 8.63. The molecule has 0 spiro atoms. The Balaban J connectivity index is 1.95. The topological polar surface area (TPSA) is 29.5 Å². The fourth-order valence-corrected chi connectivity index (χ4v) is 1.69. The molecule has 0 bridgehead atoms. The van der Waals surface area contributed by atoms with Crippen LogP contribution in [-0.2, 0) is 0 Å². The zero-order chi connectivity index (χ0) is 10.0. The van der Waals surface area contributed by atoms with E-state index in [1.165, 1.54) is 0 Å². The monoisotopic (exact) mass is 212 g/mol. The fraction of sp³-hybridized carbons (Fsp3) is 0.455. The van der Waals surface area contributed by atoms with Gasteiger partial charge in [-0.05, 0) is 31.4 Å². The van der Waals surface area contributed by atoms with Gasteiger partial charge in [-0.1, -0.05) is 23.7 Å². The van der Waals surface area contributed by atoms with Crippen LogP contribution in [0.4, 0.5) is 0 Å². The molecule has 1 N–H and O–H groups in total. The van der Waals surface area contributed by atoms with Gasteiger partial charge in [0, 0.05) is 0 Å². The molecule has 1 aliphatic rings. The Morgan fingerprint density at radius 1 is 1.36 bits per heavy atom. The van der Waals surface area contributed by atoms with E-state index >= 15 is 0 Å². The van der Waals surface area contributed by atoms with E-state index < -0.39 is 5.60 Å². The van der Waals surface area contributed by atoms with E-state index in [1.807, 2.05) is 18.2 Å². The quantitative estimate of drug-likeness (QED) is 0.835. The molecule has 0 unspecified atom stereocenters. The molecule has 0 atom stereocenters. The Morgan fingerprint density at radius 2 is 2.07 bits per heavy atom. The number of rotatable bonds is 3. The normalized spacial score (nSPS) is 18.7. The molecule has 0 aliphatic heterocycles. The van der Waals surface area contributed by atoms with Crippen LogP contribution in [-0.4, -0.2) is 17.3 Å². The molecule has 14 heavy (non-hydrogen) atoms. The summed E-state index contributed by atoms with van der Waals surface area (Å²) in [5, 5.41) is 10.4. The van der Waals surface area contributed by atoms with Gasteiger partial charge in [0.15, 0.2) is 0 Å². The predicted molar refractivity (Wildman–Crippen MR) is 55.7 cm³/mol. The maximum Gasteiger partial charge on any atom is 0.138 e. The minimum Gasteiger partial charge on any atom is -0.489 e. The summed E-state index contributed by atoms with van der Waals surface area (Å²) in [4.78, 5) is 0. The molecule has 0 heterocycles. The summed E-state index contributed by atoms with van der Waals surface area (Å²) in [7, 11) is 0. The molecular weight excluding hydrogens is 200 g/mol. The third-order valence-electron chi connectivity index (χ3n) is 2.62. The lowest BCUT2D eigenvalue weighted by molar-refractivity contribution is -0.0663. The summed E-state index contributed by atoms with van der Waals surface area (Å²) in [5.41, 5.74) is -0.612. The highest BCUT2D eigenvalue weighted by Crippen LogP contribution is 2.33. The van der Waals surface area contributed by atoms with Crippen molar-refractivity contribution in [3.63, 3.8) is 0 Å². The number of aliphatic hydroxyl groups is 1. The van der Waals surface area contributed by atoms with Crippen LogP contribution in [0.25, 0.3) is 0 Å². The number of hydrogen-bond acceptors (Lipinski definition) is 2. The Kier molecular flexibility index (Phi) is 2.66. The molecule has 1 aromatic rings. The van der Waals surface area contributed by atoms with Crippen LogP contribution in [0.2, 0.25) is 5.02 Å². The molecule has 0 radical (unpaired) electrons. The minimum atomic E-state index is -0.612. The van der Waals surface area contributed by atoms with Gasteiger partial charge in [-0.25, -0.2) is 0 Å². The van der Waals surface area contributed by atoms with Gasteiger partial charge in [-0.3, -0.25) is 0 Å². The van der Waals surface area contributed by atoms with E-state index in [-0.39, 0.29) is 0 Å². The number of halogens is 1. The highest BCUT2D eigenvalue weighted by Gasteiger charge is 2.35. The van der Waals surface area contributed by atoms with Crippen molar-refractivity contribution >= 4 is 11.6 Å². The van der Waals surface area contributed by atoms with Gasteiger partial charge >= 0.3 is 0 Å². The lowest BCUT2D eigenvalue weighted by Gasteiger charge is -2.36. The van der Waals surface area contributed by atoms with Crippen molar-refractivity contribution in [1.82, 2.24) is 0 Å². The first-order valence-corrected chi connectivity index (χ1v) is 5.17. The maximum absolute atomic E-state index is 9.79. The molecule has 0 amide bonds. The van der Waals surface area contributed by atoms with Crippen molar-refractivity contribution in [2.75, 3.05) is 6.61 Å². The maximum atomic E-state index is 9.79. The predicted octanol–water partition coefficient (Wildman–Crippen LogP) is 2.63. The summed E-state index contributed by atoms with van der Waals surface area (Å²) < 4.78 is 5.46. The molecule has 0 saturated heterocycles. The second-order valence-corrected chi connectivity index (χ2v) is 4.20. The van der Waals surface area contributed by atoms with Gasteiger partial charge in [-0.15, -0.1) is 0 Å². The van der Waals surface area contributed by atoms with Crippen LogP contribution in [0, 0.1) is 0 Å². The Hall–Kier alpha value is -0.730. The van der Waals surface area contributed by atoms with E-state index in [4.69, 9.17) is 16.3 Å². The average Bonchev–Trinajstić information content (AvgIpc) is 2.14. The standard InChI is InChI=1S/C11H13ClO2/c12-9-4-1-2-5-10(9)14-8-11(13)6-3-7-11/h1-2,4-5,13H,3,6-8H2. The molecule has 2 nitrogen and oxygen atoms in total. The second kappa shape index (κ2) is 3.79. The summed E-state index contributed by atoms with van der Waals surface area (Å²) in [6.45, 7) is 0.344. The van der Waals surface area contributed by atoms with Crippen LogP contribution in [0.1, 0.15) is 19.3 Å². The van der Waals surface area contributed by atoms with Crippen molar-refractivity contribution in [2.24, 2.45) is 0 Å². The van der Waals surface area contributed by atoms with E-state index in [0.29, 0.717) is 17.4 Å².